The fourth-order valence-electron chi connectivity index (χ4n) is 3.69. The van der Waals surface area contributed by atoms with Gasteiger partial charge in [-0.25, -0.2) is 14.6 Å². The molecule has 2 aromatic carbocycles. The first kappa shape index (κ1) is 25.3. The van der Waals surface area contributed by atoms with Crippen LogP contribution in [0.1, 0.15) is 25.3 Å². The number of methoxy groups -OCH3 is 1. The second-order valence-electron chi connectivity index (χ2n) is 8.21. The summed E-state index contributed by atoms with van der Waals surface area (Å²) in [5.74, 6) is -1.11. The van der Waals surface area contributed by atoms with Crippen molar-refractivity contribution < 1.29 is 28.5 Å². The number of nitrogens with zero attached hydrogens (tertiary/aromatic N) is 1. The molecule has 0 saturated heterocycles. The number of benzene rings is 2. The molecule has 1 aliphatic rings. The molecule has 2 heterocycles. The van der Waals surface area contributed by atoms with Gasteiger partial charge >= 0.3 is 11.9 Å². The summed E-state index contributed by atoms with van der Waals surface area (Å²) in [7, 11) is 1.53. The molecule has 36 heavy (non-hydrogen) atoms. The van der Waals surface area contributed by atoms with E-state index in [-0.39, 0.29) is 30.0 Å². The van der Waals surface area contributed by atoms with Crippen LogP contribution in [0.3, 0.4) is 0 Å². The zero-order chi connectivity index (χ0) is 25.7. The summed E-state index contributed by atoms with van der Waals surface area (Å²) >= 11 is 5.98. The zero-order valence-electron chi connectivity index (χ0n) is 19.9. The molecular formula is C26H26ClN3O6. The van der Waals surface area contributed by atoms with Gasteiger partial charge < -0.3 is 30.0 Å². The van der Waals surface area contributed by atoms with E-state index in [1.165, 1.54) is 7.11 Å². The summed E-state index contributed by atoms with van der Waals surface area (Å²) in [5, 5.41) is 4.43. The van der Waals surface area contributed by atoms with E-state index in [2.05, 4.69) is 10.3 Å². The van der Waals surface area contributed by atoms with E-state index in [0.717, 1.165) is 30.6 Å². The van der Waals surface area contributed by atoms with E-state index in [4.69, 9.17) is 36.3 Å². The standard InChI is InChI=1S/C26H26ClN3O6/c1-15(4-3-11-28)29-20-13-18(33-2)12-19-23(20)30-26(34-14-16-5-7-17(27)8-6-16)25-24(19)35-21(31)9-10-22(32)36-25/h5-10,12-13,15,29H,3-4,11,14,28H2,1-2H3/b10-9-. The molecule has 188 valence electrons. The number of hydrogen-bond acceptors (Lipinski definition) is 9. The molecular weight excluding hydrogens is 486 g/mol. The molecule has 3 aromatic rings. The van der Waals surface area contributed by atoms with Gasteiger partial charge in [0.1, 0.15) is 17.9 Å². The molecule has 1 aromatic heterocycles. The summed E-state index contributed by atoms with van der Waals surface area (Å²) in [6.45, 7) is 2.71. The molecule has 0 saturated carbocycles. The van der Waals surface area contributed by atoms with Gasteiger partial charge in [-0.2, -0.15) is 0 Å². The van der Waals surface area contributed by atoms with Crippen molar-refractivity contribution in [2.45, 2.75) is 32.4 Å². The lowest BCUT2D eigenvalue weighted by Gasteiger charge is -2.21. The van der Waals surface area contributed by atoms with Gasteiger partial charge in [0, 0.05) is 29.3 Å². The number of fused-ring (bicyclic) bond motifs is 3. The van der Waals surface area contributed by atoms with Gasteiger partial charge in [0.05, 0.1) is 18.2 Å². The highest BCUT2D eigenvalue weighted by Crippen LogP contribution is 2.46. The van der Waals surface area contributed by atoms with Crippen LogP contribution in [0.15, 0.2) is 48.6 Å². The first-order valence-electron chi connectivity index (χ1n) is 11.4. The number of hydrogen-bond donors (Lipinski definition) is 2. The summed E-state index contributed by atoms with van der Waals surface area (Å²) in [6, 6.07) is 10.6. The minimum atomic E-state index is -0.762. The summed E-state index contributed by atoms with van der Waals surface area (Å²) in [6.07, 6.45) is 3.65. The number of anilines is 1. The number of esters is 2. The highest BCUT2D eigenvalue weighted by molar-refractivity contribution is 6.30. The van der Waals surface area contributed by atoms with Crippen molar-refractivity contribution >= 4 is 40.1 Å². The normalized spacial score (nSPS) is 14.7. The van der Waals surface area contributed by atoms with E-state index in [1.807, 2.05) is 6.92 Å². The van der Waals surface area contributed by atoms with Crippen molar-refractivity contribution in [3.63, 3.8) is 0 Å². The molecule has 0 aliphatic carbocycles. The second-order valence-corrected chi connectivity index (χ2v) is 8.65. The van der Waals surface area contributed by atoms with Crippen molar-refractivity contribution in [2.75, 3.05) is 19.0 Å². The predicted molar refractivity (Wildman–Crippen MR) is 136 cm³/mol. The molecule has 9 nitrogen and oxygen atoms in total. The van der Waals surface area contributed by atoms with Gasteiger partial charge in [0.15, 0.2) is 5.75 Å². The number of rotatable bonds is 9. The fourth-order valence-corrected chi connectivity index (χ4v) is 3.82. The summed E-state index contributed by atoms with van der Waals surface area (Å²) < 4.78 is 22.5. The van der Waals surface area contributed by atoms with Crippen molar-refractivity contribution in [1.82, 2.24) is 4.98 Å². The largest absolute Gasteiger partial charge is 0.497 e. The van der Waals surface area contributed by atoms with Crippen LogP contribution in [0, 0.1) is 0 Å². The number of carbonyl (C=O) groups excluding carboxylic acids is 2. The number of halogens is 1. The minimum Gasteiger partial charge on any atom is -0.497 e. The van der Waals surface area contributed by atoms with E-state index in [9.17, 15) is 9.59 Å². The van der Waals surface area contributed by atoms with Crippen LogP contribution in [0.4, 0.5) is 5.69 Å². The molecule has 0 bridgehead atoms. The maximum atomic E-state index is 12.4. The number of nitrogens with one attached hydrogen (secondary N) is 1. The zero-order valence-corrected chi connectivity index (χ0v) is 20.6. The molecule has 1 atom stereocenters. The maximum Gasteiger partial charge on any atom is 0.336 e. The van der Waals surface area contributed by atoms with Crippen LogP contribution in [-0.4, -0.2) is 36.6 Å². The van der Waals surface area contributed by atoms with Crippen molar-refractivity contribution in [2.24, 2.45) is 5.73 Å². The summed E-state index contributed by atoms with van der Waals surface area (Å²) in [5.41, 5.74) is 7.56. The molecule has 0 amide bonds. The molecule has 0 fully saturated rings. The Balaban J connectivity index is 1.85. The Bertz CT molecular complexity index is 1310. The minimum absolute atomic E-state index is 0.00497. The van der Waals surface area contributed by atoms with Gasteiger partial charge in [-0.3, -0.25) is 0 Å². The Morgan fingerprint density at radius 2 is 1.78 bits per heavy atom. The lowest BCUT2D eigenvalue weighted by molar-refractivity contribution is -0.133. The highest BCUT2D eigenvalue weighted by Gasteiger charge is 2.27. The first-order valence-corrected chi connectivity index (χ1v) is 11.8. The lowest BCUT2D eigenvalue weighted by atomic mass is 10.1. The topological polar surface area (TPSA) is 122 Å². The van der Waals surface area contributed by atoms with E-state index < -0.39 is 11.9 Å². The molecule has 1 unspecified atom stereocenters. The van der Waals surface area contributed by atoms with Crippen LogP contribution in [0.5, 0.6) is 23.1 Å². The van der Waals surface area contributed by atoms with Crippen LogP contribution < -0.4 is 30.0 Å². The van der Waals surface area contributed by atoms with Crippen LogP contribution >= 0.6 is 11.6 Å². The third-order valence-corrected chi connectivity index (χ3v) is 5.72. The van der Waals surface area contributed by atoms with E-state index in [0.29, 0.717) is 33.9 Å². The maximum absolute atomic E-state index is 12.4. The van der Waals surface area contributed by atoms with Crippen molar-refractivity contribution in [1.29, 1.82) is 0 Å². The van der Waals surface area contributed by atoms with Gasteiger partial charge in [-0.15, -0.1) is 0 Å². The molecule has 0 spiro atoms. The van der Waals surface area contributed by atoms with Gasteiger partial charge in [0.25, 0.3) is 5.88 Å². The number of aromatic nitrogens is 1. The Labute approximate surface area is 213 Å². The SMILES string of the molecule is COc1cc(NC(C)CCCN)c2nc(OCc3ccc(Cl)cc3)c3c(c2c1)OC(=O)/C=C\C(=O)O3. The average Bonchev–Trinajstić information content (AvgIpc) is 2.86. The number of pyridine rings is 1. The van der Waals surface area contributed by atoms with Crippen LogP contribution in [-0.2, 0) is 16.2 Å². The van der Waals surface area contributed by atoms with Crippen molar-refractivity contribution in [3.8, 4) is 23.1 Å². The smallest absolute Gasteiger partial charge is 0.336 e. The number of ether oxygens (including phenoxy) is 4. The number of carbonyl (C=O) groups is 2. The number of nitrogens with two attached hydrogens (primary N) is 1. The Kier molecular flexibility index (Phi) is 7.92. The highest BCUT2D eigenvalue weighted by atomic mass is 35.5. The van der Waals surface area contributed by atoms with Crippen LogP contribution in [0.2, 0.25) is 5.02 Å². The van der Waals surface area contributed by atoms with E-state index >= 15 is 0 Å². The molecule has 10 heteroatoms. The first-order chi connectivity index (χ1) is 17.4. The monoisotopic (exact) mass is 511 g/mol. The van der Waals surface area contributed by atoms with Crippen molar-refractivity contribution in [3.05, 3.63) is 59.1 Å². The molecule has 4 rings (SSSR count). The van der Waals surface area contributed by atoms with Gasteiger partial charge in [0.2, 0.25) is 5.75 Å². The second kappa shape index (κ2) is 11.3. The van der Waals surface area contributed by atoms with E-state index in [1.54, 1.807) is 36.4 Å². The molecule has 0 radical (unpaired) electrons. The molecule has 1 aliphatic heterocycles. The third-order valence-electron chi connectivity index (χ3n) is 5.47. The average molecular weight is 512 g/mol. The third kappa shape index (κ3) is 5.87. The lowest BCUT2D eigenvalue weighted by Crippen LogP contribution is -2.18. The van der Waals surface area contributed by atoms with Crippen LogP contribution in [0.25, 0.3) is 10.9 Å². The fraction of sp³-hybridized carbons (Fsp3) is 0.269. The Hall–Kier alpha value is -3.82. The Morgan fingerprint density at radius 3 is 2.44 bits per heavy atom. The molecule has 3 N–H and O–H groups in total. The Morgan fingerprint density at radius 1 is 1.08 bits per heavy atom. The van der Waals surface area contributed by atoms with Gasteiger partial charge in [-0.1, -0.05) is 23.7 Å². The van der Waals surface area contributed by atoms with Gasteiger partial charge in [-0.05, 0) is 50.1 Å². The quantitative estimate of drug-likeness (QED) is 0.402. The summed E-state index contributed by atoms with van der Waals surface area (Å²) in [4.78, 5) is 29.4. The predicted octanol–water partition coefficient (Wildman–Crippen LogP) is 4.40.